The lowest BCUT2D eigenvalue weighted by molar-refractivity contribution is 0.0535. The van der Waals surface area contributed by atoms with E-state index in [9.17, 15) is 4.79 Å². The molecule has 0 unspecified atom stereocenters. The van der Waals surface area contributed by atoms with E-state index in [0.29, 0.717) is 28.6 Å². The third-order valence-corrected chi connectivity index (χ3v) is 4.98. The number of benzene rings is 3. The number of rotatable bonds is 3. The average Bonchev–Trinajstić information content (AvgIpc) is 3.31. The number of hydrogen-bond acceptors (Lipinski definition) is 6. The maximum Gasteiger partial charge on any atom is 0.338 e. The molecule has 0 fully saturated rings. The molecular formula is C21H16O6. The van der Waals surface area contributed by atoms with Crippen LogP contribution in [0.4, 0.5) is 0 Å². The van der Waals surface area contributed by atoms with E-state index in [1.807, 2.05) is 36.4 Å². The van der Waals surface area contributed by atoms with E-state index in [1.54, 1.807) is 14.2 Å². The molecule has 136 valence electrons. The summed E-state index contributed by atoms with van der Waals surface area (Å²) in [6, 6.07) is 11.4. The van der Waals surface area contributed by atoms with Gasteiger partial charge in [-0.05, 0) is 52.2 Å². The number of esters is 1. The Bertz CT molecular complexity index is 1100. The number of carbonyl (C=O) groups excluding carboxylic acids is 1. The van der Waals surface area contributed by atoms with Crippen molar-refractivity contribution >= 4 is 16.7 Å². The Morgan fingerprint density at radius 3 is 2.48 bits per heavy atom. The van der Waals surface area contributed by atoms with Gasteiger partial charge < -0.3 is 23.7 Å². The Hall–Kier alpha value is -3.41. The topological polar surface area (TPSA) is 63.2 Å². The summed E-state index contributed by atoms with van der Waals surface area (Å²) in [4.78, 5) is 12.2. The second-order valence-corrected chi connectivity index (χ2v) is 6.35. The molecular weight excluding hydrogens is 348 g/mol. The summed E-state index contributed by atoms with van der Waals surface area (Å²) in [5.41, 5.74) is 3.28. The van der Waals surface area contributed by atoms with Crippen LogP contribution in [0.3, 0.4) is 0 Å². The number of fused-ring (bicyclic) bond motifs is 3. The lowest BCUT2D eigenvalue weighted by Crippen LogP contribution is -1.97. The Morgan fingerprint density at radius 1 is 0.889 bits per heavy atom. The van der Waals surface area contributed by atoms with Gasteiger partial charge in [-0.15, -0.1) is 0 Å². The fraction of sp³-hybridized carbons (Fsp3) is 0.190. The highest BCUT2D eigenvalue weighted by molar-refractivity contribution is 6.08. The van der Waals surface area contributed by atoms with Crippen LogP contribution in [0.2, 0.25) is 0 Å². The van der Waals surface area contributed by atoms with Crippen molar-refractivity contribution in [3.05, 3.63) is 47.5 Å². The van der Waals surface area contributed by atoms with Gasteiger partial charge in [0.1, 0.15) is 6.61 Å². The third-order valence-electron chi connectivity index (χ3n) is 4.98. The molecule has 0 saturated heterocycles. The highest BCUT2D eigenvalue weighted by Gasteiger charge is 2.28. The molecule has 2 aliphatic heterocycles. The van der Waals surface area contributed by atoms with Crippen molar-refractivity contribution in [1.82, 2.24) is 0 Å². The molecule has 0 amide bonds. The summed E-state index contributed by atoms with van der Waals surface area (Å²) in [7, 11) is 3.19. The van der Waals surface area contributed by atoms with Crippen LogP contribution in [0, 0.1) is 0 Å². The van der Waals surface area contributed by atoms with E-state index >= 15 is 0 Å². The molecule has 0 radical (unpaired) electrons. The van der Waals surface area contributed by atoms with Crippen molar-refractivity contribution in [2.45, 2.75) is 6.61 Å². The van der Waals surface area contributed by atoms with Crippen molar-refractivity contribution in [3.8, 4) is 34.1 Å². The molecule has 0 spiro atoms. The molecule has 5 rings (SSSR count). The van der Waals surface area contributed by atoms with Gasteiger partial charge >= 0.3 is 5.97 Å². The first kappa shape index (κ1) is 15.8. The first-order chi connectivity index (χ1) is 13.2. The normalized spacial score (nSPS) is 14.2. The molecule has 2 aliphatic rings. The quantitative estimate of drug-likeness (QED) is 0.657. The lowest BCUT2D eigenvalue weighted by atomic mass is 9.90. The second kappa shape index (κ2) is 5.81. The van der Waals surface area contributed by atoms with Crippen molar-refractivity contribution in [1.29, 1.82) is 0 Å². The van der Waals surface area contributed by atoms with Gasteiger partial charge in [0.2, 0.25) is 6.79 Å². The van der Waals surface area contributed by atoms with Gasteiger partial charge in [0.25, 0.3) is 0 Å². The standard InChI is InChI=1S/C21H16O6/c1-23-17-7-12-5-14-15(9-25-21(14)22)20(13(12)8-18(17)24-2)11-3-4-16-19(6-11)27-10-26-16/h3-8H,9-10H2,1-2H3. The van der Waals surface area contributed by atoms with Crippen LogP contribution in [-0.4, -0.2) is 27.0 Å². The molecule has 0 aliphatic carbocycles. The molecule has 3 aromatic rings. The van der Waals surface area contributed by atoms with E-state index in [2.05, 4.69) is 0 Å². The highest BCUT2D eigenvalue weighted by Crippen LogP contribution is 2.44. The SMILES string of the molecule is COc1cc2cc3c(c(-c4ccc5c(c4)OCO5)c2cc1OC)COC3=O. The summed E-state index contributed by atoms with van der Waals surface area (Å²) in [5, 5.41) is 1.82. The minimum atomic E-state index is -0.316. The molecule has 0 bridgehead atoms. The number of carbonyl (C=O) groups is 1. The first-order valence-corrected chi connectivity index (χ1v) is 8.48. The largest absolute Gasteiger partial charge is 0.493 e. The van der Waals surface area contributed by atoms with Gasteiger partial charge in [-0.3, -0.25) is 0 Å². The van der Waals surface area contributed by atoms with E-state index < -0.39 is 0 Å². The zero-order valence-electron chi connectivity index (χ0n) is 14.8. The fourth-order valence-electron chi connectivity index (χ4n) is 3.70. The predicted octanol–water partition coefficient (Wildman–Crippen LogP) is 3.92. The Balaban J connectivity index is 1.85. The van der Waals surface area contributed by atoms with Gasteiger partial charge in [0, 0.05) is 5.56 Å². The number of methoxy groups -OCH3 is 2. The monoisotopic (exact) mass is 364 g/mol. The van der Waals surface area contributed by atoms with Gasteiger partial charge in [-0.1, -0.05) is 6.07 Å². The molecule has 6 nitrogen and oxygen atoms in total. The smallest absolute Gasteiger partial charge is 0.338 e. The van der Waals surface area contributed by atoms with Crippen molar-refractivity contribution in [3.63, 3.8) is 0 Å². The van der Waals surface area contributed by atoms with Gasteiger partial charge in [-0.2, -0.15) is 0 Å². The maximum absolute atomic E-state index is 12.2. The van der Waals surface area contributed by atoms with Crippen LogP contribution in [-0.2, 0) is 11.3 Å². The highest BCUT2D eigenvalue weighted by atomic mass is 16.7. The van der Waals surface area contributed by atoms with Crippen molar-refractivity contribution in [2.24, 2.45) is 0 Å². The third kappa shape index (κ3) is 2.30. The fourth-order valence-corrected chi connectivity index (χ4v) is 3.70. The summed E-state index contributed by atoms with van der Waals surface area (Å²) in [6.07, 6.45) is 0. The molecule has 0 aromatic heterocycles. The molecule has 27 heavy (non-hydrogen) atoms. The van der Waals surface area contributed by atoms with Crippen LogP contribution in [0.25, 0.3) is 21.9 Å². The average molecular weight is 364 g/mol. The number of cyclic esters (lactones) is 1. The van der Waals surface area contributed by atoms with Crippen LogP contribution in [0.5, 0.6) is 23.0 Å². The summed E-state index contributed by atoms with van der Waals surface area (Å²) in [6.45, 7) is 0.446. The lowest BCUT2D eigenvalue weighted by Gasteiger charge is -2.15. The molecule has 0 atom stereocenters. The van der Waals surface area contributed by atoms with E-state index in [-0.39, 0.29) is 19.4 Å². The van der Waals surface area contributed by atoms with Gasteiger partial charge in [-0.25, -0.2) is 4.79 Å². The second-order valence-electron chi connectivity index (χ2n) is 6.35. The summed E-state index contributed by atoms with van der Waals surface area (Å²) < 4.78 is 27.2. The van der Waals surface area contributed by atoms with E-state index in [4.69, 9.17) is 23.7 Å². The molecule has 2 heterocycles. The summed E-state index contributed by atoms with van der Waals surface area (Å²) >= 11 is 0. The first-order valence-electron chi connectivity index (χ1n) is 8.48. The van der Waals surface area contributed by atoms with Crippen LogP contribution < -0.4 is 18.9 Å². The Labute approximate surface area is 155 Å². The zero-order chi connectivity index (χ0) is 18.5. The van der Waals surface area contributed by atoms with Gasteiger partial charge in [0.15, 0.2) is 23.0 Å². The molecule has 6 heteroatoms. The molecule has 3 aromatic carbocycles. The van der Waals surface area contributed by atoms with Crippen LogP contribution in [0.15, 0.2) is 36.4 Å². The number of hydrogen-bond donors (Lipinski definition) is 0. The van der Waals surface area contributed by atoms with E-state index in [0.717, 1.165) is 27.5 Å². The molecule has 0 saturated carbocycles. The van der Waals surface area contributed by atoms with Crippen molar-refractivity contribution < 1.29 is 28.5 Å². The molecule has 0 N–H and O–H groups in total. The van der Waals surface area contributed by atoms with Gasteiger partial charge in [0.05, 0.1) is 19.8 Å². The predicted molar refractivity (Wildman–Crippen MR) is 97.7 cm³/mol. The number of ether oxygens (including phenoxy) is 5. The minimum Gasteiger partial charge on any atom is -0.493 e. The van der Waals surface area contributed by atoms with Crippen LogP contribution >= 0.6 is 0 Å². The van der Waals surface area contributed by atoms with Crippen LogP contribution in [0.1, 0.15) is 15.9 Å². The van der Waals surface area contributed by atoms with E-state index in [1.165, 1.54) is 0 Å². The maximum atomic E-state index is 12.2. The Morgan fingerprint density at radius 2 is 1.67 bits per heavy atom. The minimum absolute atomic E-state index is 0.207. The summed E-state index contributed by atoms with van der Waals surface area (Å²) in [5.74, 6) is 2.31. The zero-order valence-corrected chi connectivity index (χ0v) is 14.8. The Kier molecular flexibility index (Phi) is 3.40. The van der Waals surface area contributed by atoms with Crippen molar-refractivity contribution in [2.75, 3.05) is 21.0 Å².